The highest BCUT2D eigenvalue weighted by Crippen LogP contribution is 2.18. The molecule has 4 rings (SSSR count). The van der Waals surface area contributed by atoms with Gasteiger partial charge >= 0.3 is 0 Å². The van der Waals surface area contributed by atoms with E-state index in [0.29, 0.717) is 39.0 Å². The van der Waals surface area contributed by atoms with Gasteiger partial charge in [0.15, 0.2) is 0 Å². The minimum absolute atomic E-state index is 0.0249. The van der Waals surface area contributed by atoms with Crippen molar-refractivity contribution in [2.24, 2.45) is 5.92 Å². The summed E-state index contributed by atoms with van der Waals surface area (Å²) in [4.78, 5) is 78.4. The molecule has 5 N–H and O–H groups in total. The van der Waals surface area contributed by atoms with Crippen molar-refractivity contribution in [3.05, 3.63) is 71.3 Å². The van der Waals surface area contributed by atoms with E-state index in [1.165, 1.54) is 11.1 Å². The quantitative estimate of drug-likeness (QED) is 0.294. The SMILES string of the molecule is CC(C)[C@H]1NC(=O)[C@@H](C)NC(=O)[C@H](Cc2ccccc2)NC(=O)CCCN(C(=O)CN2CCc3ccccc3C2)CCCNC1=O.O=CO. The van der Waals surface area contributed by atoms with Crippen molar-refractivity contribution in [2.45, 2.75) is 77.5 Å². The van der Waals surface area contributed by atoms with Gasteiger partial charge in [0.05, 0.1) is 6.54 Å². The number of hydrogen-bond acceptors (Lipinski definition) is 7. The third-order valence-electron chi connectivity index (χ3n) is 8.59. The van der Waals surface area contributed by atoms with Crippen LogP contribution >= 0.6 is 0 Å². The maximum Gasteiger partial charge on any atom is 0.290 e. The smallest absolute Gasteiger partial charge is 0.290 e. The van der Waals surface area contributed by atoms with Crippen LogP contribution in [0.15, 0.2) is 54.6 Å². The van der Waals surface area contributed by atoms with Crippen LogP contribution in [0.3, 0.4) is 0 Å². The molecular weight excluding hydrogens is 628 g/mol. The third-order valence-corrected chi connectivity index (χ3v) is 8.59. The number of amides is 5. The van der Waals surface area contributed by atoms with Gasteiger partial charge < -0.3 is 31.3 Å². The van der Waals surface area contributed by atoms with Crippen LogP contribution in [-0.2, 0) is 48.2 Å². The molecule has 2 aromatic rings. The number of nitrogens with one attached hydrogen (secondary N) is 4. The highest BCUT2D eigenvalue weighted by atomic mass is 16.3. The molecule has 5 amide bonds. The number of hydrogen-bond donors (Lipinski definition) is 5. The maximum atomic E-state index is 13.6. The fourth-order valence-electron chi connectivity index (χ4n) is 5.88. The largest absolute Gasteiger partial charge is 0.483 e. The number of fused-ring (bicyclic) bond motifs is 1. The van der Waals surface area contributed by atoms with Gasteiger partial charge in [0.25, 0.3) is 6.47 Å². The van der Waals surface area contributed by atoms with Crippen molar-refractivity contribution < 1.29 is 33.9 Å². The molecule has 0 aliphatic carbocycles. The van der Waals surface area contributed by atoms with Gasteiger partial charge in [0.1, 0.15) is 18.1 Å². The monoisotopic (exact) mass is 678 g/mol. The third kappa shape index (κ3) is 12.6. The van der Waals surface area contributed by atoms with Crippen LogP contribution in [0.5, 0.6) is 0 Å². The van der Waals surface area contributed by atoms with E-state index >= 15 is 0 Å². The summed E-state index contributed by atoms with van der Waals surface area (Å²) >= 11 is 0. The minimum Gasteiger partial charge on any atom is -0.483 e. The Hall–Kier alpha value is -4.78. The predicted molar refractivity (Wildman–Crippen MR) is 184 cm³/mol. The molecule has 13 nitrogen and oxygen atoms in total. The summed E-state index contributed by atoms with van der Waals surface area (Å²) in [6.45, 7) is 7.87. The number of rotatable bonds is 5. The Labute approximate surface area is 288 Å². The molecule has 0 radical (unpaired) electrons. The Morgan fingerprint density at radius 1 is 0.857 bits per heavy atom. The van der Waals surface area contributed by atoms with Gasteiger partial charge in [0.2, 0.25) is 29.5 Å². The first-order valence-corrected chi connectivity index (χ1v) is 16.9. The van der Waals surface area contributed by atoms with Crippen LogP contribution in [-0.4, -0.2) is 102 Å². The van der Waals surface area contributed by atoms with E-state index in [9.17, 15) is 24.0 Å². The first-order chi connectivity index (χ1) is 23.5. The van der Waals surface area contributed by atoms with Crippen molar-refractivity contribution in [2.75, 3.05) is 32.7 Å². The lowest BCUT2D eigenvalue weighted by Crippen LogP contribution is -2.57. The summed E-state index contributed by atoms with van der Waals surface area (Å²) in [5, 5.41) is 18.1. The summed E-state index contributed by atoms with van der Waals surface area (Å²) in [5.41, 5.74) is 3.40. The molecule has 13 heteroatoms. The second-order valence-electron chi connectivity index (χ2n) is 12.7. The van der Waals surface area contributed by atoms with E-state index in [0.717, 1.165) is 18.5 Å². The number of carboxylic acid groups (broad SMARTS) is 1. The lowest BCUT2D eigenvalue weighted by molar-refractivity contribution is -0.134. The van der Waals surface area contributed by atoms with Crippen LogP contribution in [0, 0.1) is 5.92 Å². The summed E-state index contributed by atoms with van der Waals surface area (Å²) in [6, 6.07) is 15.0. The molecule has 266 valence electrons. The summed E-state index contributed by atoms with van der Waals surface area (Å²) in [6.07, 6.45) is 2.20. The Bertz CT molecular complexity index is 1420. The summed E-state index contributed by atoms with van der Waals surface area (Å²) in [5.74, 6) is -1.83. The van der Waals surface area contributed by atoms with Crippen LogP contribution in [0.4, 0.5) is 0 Å². The molecular formula is C36H50N6O7. The van der Waals surface area contributed by atoms with E-state index in [1.807, 2.05) is 56.3 Å². The molecule has 3 atom stereocenters. The fourth-order valence-corrected chi connectivity index (χ4v) is 5.88. The summed E-state index contributed by atoms with van der Waals surface area (Å²) < 4.78 is 0. The average molecular weight is 679 g/mol. The Morgan fingerprint density at radius 3 is 2.20 bits per heavy atom. The van der Waals surface area contributed by atoms with Gasteiger partial charge in [-0.3, -0.25) is 33.7 Å². The molecule has 0 spiro atoms. The van der Waals surface area contributed by atoms with E-state index in [2.05, 4.69) is 38.3 Å². The van der Waals surface area contributed by atoms with Gasteiger partial charge in [0, 0.05) is 45.6 Å². The zero-order valence-electron chi connectivity index (χ0n) is 28.7. The molecule has 2 heterocycles. The first-order valence-electron chi connectivity index (χ1n) is 16.9. The van der Waals surface area contributed by atoms with Gasteiger partial charge in [-0.05, 0) is 48.8 Å². The second kappa shape index (κ2) is 19.9. The van der Waals surface area contributed by atoms with E-state index < -0.39 is 29.9 Å². The van der Waals surface area contributed by atoms with Crippen molar-refractivity contribution in [3.63, 3.8) is 0 Å². The van der Waals surface area contributed by atoms with Crippen LogP contribution in [0.2, 0.25) is 0 Å². The Kier molecular flexibility index (Phi) is 15.7. The molecule has 49 heavy (non-hydrogen) atoms. The van der Waals surface area contributed by atoms with Gasteiger partial charge in [-0.1, -0.05) is 68.4 Å². The molecule has 2 aliphatic heterocycles. The van der Waals surface area contributed by atoms with Crippen LogP contribution in [0.1, 0.15) is 56.7 Å². The van der Waals surface area contributed by atoms with Crippen molar-refractivity contribution in [3.8, 4) is 0 Å². The molecule has 1 saturated heterocycles. The van der Waals surface area contributed by atoms with Gasteiger partial charge in [-0.2, -0.15) is 0 Å². The van der Waals surface area contributed by atoms with E-state index in [4.69, 9.17) is 9.90 Å². The van der Waals surface area contributed by atoms with Crippen molar-refractivity contribution in [1.29, 1.82) is 0 Å². The van der Waals surface area contributed by atoms with Crippen molar-refractivity contribution >= 4 is 36.0 Å². The van der Waals surface area contributed by atoms with Gasteiger partial charge in [-0.25, -0.2) is 0 Å². The normalized spacial score (nSPS) is 21.7. The number of nitrogens with zero attached hydrogens (tertiary/aromatic N) is 2. The zero-order chi connectivity index (χ0) is 35.8. The topological polar surface area (TPSA) is 177 Å². The molecule has 0 bridgehead atoms. The molecule has 0 unspecified atom stereocenters. The molecule has 2 aliphatic rings. The average Bonchev–Trinajstić information content (AvgIpc) is 3.07. The number of benzene rings is 2. The fraction of sp³-hybridized carbons (Fsp3) is 0.500. The van der Waals surface area contributed by atoms with Gasteiger partial charge in [-0.15, -0.1) is 0 Å². The molecule has 0 saturated carbocycles. The van der Waals surface area contributed by atoms with E-state index in [1.54, 1.807) is 11.8 Å². The summed E-state index contributed by atoms with van der Waals surface area (Å²) in [7, 11) is 0. The standard InChI is InChI=1S/C35H48N6O5.CH2O2/c1-24(2)32-35(46)36-17-10-19-41(31(43)23-40-20-16-27-13-7-8-14-28(27)22-40)18-9-15-30(42)38-29(21-26-11-5-4-6-12-26)34(45)37-25(3)33(44)39-32;2-1-3/h4-8,11-14,24-25,29,32H,9-10,15-23H2,1-3H3,(H,36,46)(H,37,45)(H,38,42)(H,39,44);1H,(H,2,3)/t25-,29+,32-;/m1./s1. The minimum atomic E-state index is -0.927. The van der Waals surface area contributed by atoms with Crippen LogP contribution in [0.25, 0.3) is 0 Å². The predicted octanol–water partition coefficient (Wildman–Crippen LogP) is 1.25. The van der Waals surface area contributed by atoms with Crippen LogP contribution < -0.4 is 21.3 Å². The molecule has 1 fully saturated rings. The van der Waals surface area contributed by atoms with E-state index in [-0.39, 0.29) is 49.5 Å². The first kappa shape index (κ1) is 38.7. The number of carbonyl (C=O) groups is 6. The Balaban J connectivity index is 0.00000209. The second-order valence-corrected chi connectivity index (χ2v) is 12.7. The Morgan fingerprint density at radius 2 is 1.51 bits per heavy atom. The maximum absolute atomic E-state index is 13.6. The number of carbonyl (C=O) groups excluding carboxylic acids is 5. The highest BCUT2D eigenvalue weighted by molar-refractivity contribution is 5.94. The van der Waals surface area contributed by atoms with Crippen molar-refractivity contribution in [1.82, 2.24) is 31.1 Å². The lowest BCUT2D eigenvalue weighted by atomic mass is 10.00. The lowest BCUT2D eigenvalue weighted by Gasteiger charge is -2.31. The zero-order valence-corrected chi connectivity index (χ0v) is 28.7. The molecule has 2 aromatic carbocycles. The highest BCUT2D eigenvalue weighted by Gasteiger charge is 2.29. The molecule has 0 aromatic heterocycles.